The number of carbonyl (C=O) groups is 2. The van der Waals surface area contributed by atoms with Gasteiger partial charge in [-0.15, -0.1) is 0 Å². The van der Waals surface area contributed by atoms with Crippen molar-refractivity contribution >= 4 is 23.2 Å². The molecule has 2 aromatic carbocycles. The Balaban J connectivity index is 1.32. The molecule has 176 valence electrons. The van der Waals surface area contributed by atoms with Gasteiger partial charge < -0.3 is 20.0 Å². The molecule has 2 aliphatic rings. The molecule has 4 rings (SSSR count). The van der Waals surface area contributed by atoms with Gasteiger partial charge in [0.25, 0.3) is 0 Å². The lowest BCUT2D eigenvalue weighted by molar-refractivity contribution is -0.130. The van der Waals surface area contributed by atoms with Crippen molar-refractivity contribution in [2.75, 3.05) is 55.6 Å². The maximum atomic E-state index is 12.9. The number of hydrogen-bond donors (Lipinski definition) is 1. The highest BCUT2D eigenvalue weighted by molar-refractivity contribution is 5.86. The summed E-state index contributed by atoms with van der Waals surface area (Å²) in [6.07, 6.45) is 4.40. The number of nitrogens with one attached hydrogen (secondary N) is 1. The topological polar surface area (TPSA) is 55.9 Å². The molecule has 1 unspecified atom stereocenters. The summed E-state index contributed by atoms with van der Waals surface area (Å²) in [7, 11) is 0. The number of anilines is 2. The van der Waals surface area contributed by atoms with Crippen molar-refractivity contribution in [1.82, 2.24) is 10.2 Å². The van der Waals surface area contributed by atoms with Crippen LogP contribution in [-0.4, -0.2) is 62.5 Å². The Hall–Kier alpha value is -3.02. The summed E-state index contributed by atoms with van der Waals surface area (Å²) >= 11 is 0. The van der Waals surface area contributed by atoms with Gasteiger partial charge in [0, 0.05) is 44.1 Å². The number of piperidine rings is 1. The highest BCUT2D eigenvalue weighted by atomic mass is 16.2. The van der Waals surface area contributed by atoms with Gasteiger partial charge in [0.1, 0.15) is 0 Å². The maximum Gasteiger partial charge on any atom is 0.242 e. The predicted octanol–water partition coefficient (Wildman–Crippen LogP) is 3.46. The van der Waals surface area contributed by atoms with Crippen molar-refractivity contribution in [3.63, 3.8) is 0 Å². The van der Waals surface area contributed by atoms with Crippen LogP contribution in [0.5, 0.6) is 0 Å². The number of benzene rings is 2. The van der Waals surface area contributed by atoms with Gasteiger partial charge in [0.05, 0.1) is 13.1 Å². The summed E-state index contributed by atoms with van der Waals surface area (Å²) in [5.74, 6) is 0.523. The van der Waals surface area contributed by atoms with E-state index in [0.29, 0.717) is 12.5 Å². The Kier molecular flexibility index (Phi) is 7.87. The molecular weight excluding hydrogens is 412 g/mol. The number of aryl methyl sites for hydroxylation is 1. The Bertz CT molecular complexity index is 909. The highest BCUT2D eigenvalue weighted by Gasteiger charge is 2.24. The molecule has 0 saturated carbocycles. The van der Waals surface area contributed by atoms with E-state index in [1.807, 2.05) is 47.1 Å². The third-order valence-electron chi connectivity index (χ3n) is 6.76. The van der Waals surface area contributed by atoms with Crippen molar-refractivity contribution in [3.05, 3.63) is 60.2 Å². The number of carbonyl (C=O) groups excluding carboxylic acids is 2. The normalized spacial score (nSPS) is 18.3. The Labute approximate surface area is 197 Å². The summed E-state index contributed by atoms with van der Waals surface area (Å²) in [6.45, 7) is 6.77. The van der Waals surface area contributed by atoms with Gasteiger partial charge in [-0.3, -0.25) is 9.59 Å². The second kappa shape index (κ2) is 11.2. The minimum absolute atomic E-state index is 0.0276. The quantitative estimate of drug-likeness (QED) is 0.672. The van der Waals surface area contributed by atoms with E-state index in [9.17, 15) is 9.59 Å². The fraction of sp³-hybridized carbons (Fsp3) is 0.481. The summed E-state index contributed by atoms with van der Waals surface area (Å²) in [5.41, 5.74) is 3.32. The van der Waals surface area contributed by atoms with Crippen LogP contribution in [0.1, 0.15) is 31.2 Å². The molecule has 2 amide bonds. The van der Waals surface area contributed by atoms with Gasteiger partial charge in [-0.25, -0.2) is 0 Å². The molecule has 0 aromatic heterocycles. The fourth-order valence-corrected chi connectivity index (χ4v) is 4.76. The standard InChI is InChI=1S/C27H36N4O2/c1-22-10-12-25(13-11-22)31(21-27(33)29-15-6-3-7-16-29)20-26(32)28-18-23-14-17-30(19-23)24-8-4-2-5-9-24/h2,4-5,8-13,23H,3,6-7,14-21H2,1H3,(H,28,32). The van der Waals surface area contributed by atoms with Crippen LogP contribution in [-0.2, 0) is 9.59 Å². The molecule has 2 aliphatic heterocycles. The predicted molar refractivity (Wildman–Crippen MR) is 134 cm³/mol. The number of para-hydroxylation sites is 1. The summed E-state index contributed by atoms with van der Waals surface area (Å²) < 4.78 is 0. The third kappa shape index (κ3) is 6.50. The molecule has 1 atom stereocenters. The summed E-state index contributed by atoms with van der Waals surface area (Å²) in [5, 5.41) is 3.13. The second-order valence-electron chi connectivity index (χ2n) is 9.37. The Morgan fingerprint density at radius 3 is 2.39 bits per heavy atom. The van der Waals surface area contributed by atoms with Crippen molar-refractivity contribution in [1.29, 1.82) is 0 Å². The van der Waals surface area contributed by atoms with E-state index in [4.69, 9.17) is 0 Å². The molecule has 1 N–H and O–H groups in total. The summed E-state index contributed by atoms with van der Waals surface area (Å²) in [6, 6.07) is 18.5. The second-order valence-corrected chi connectivity index (χ2v) is 9.37. The van der Waals surface area contributed by atoms with Crippen LogP contribution in [0.25, 0.3) is 0 Å². The molecule has 2 aromatic rings. The molecule has 6 heteroatoms. The fourth-order valence-electron chi connectivity index (χ4n) is 4.76. The van der Waals surface area contributed by atoms with Crippen molar-refractivity contribution < 1.29 is 9.59 Å². The third-order valence-corrected chi connectivity index (χ3v) is 6.76. The molecule has 6 nitrogen and oxygen atoms in total. The van der Waals surface area contributed by atoms with Crippen LogP contribution in [0.2, 0.25) is 0 Å². The first kappa shape index (κ1) is 23.1. The zero-order valence-corrected chi connectivity index (χ0v) is 19.7. The number of rotatable bonds is 8. The molecule has 33 heavy (non-hydrogen) atoms. The zero-order valence-electron chi connectivity index (χ0n) is 19.7. The van der Waals surface area contributed by atoms with E-state index in [0.717, 1.165) is 56.7 Å². The first-order chi connectivity index (χ1) is 16.1. The Morgan fingerprint density at radius 1 is 0.939 bits per heavy atom. The SMILES string of the molecule is Cc1ccc(N(CC(=O)NCC2CCN(c3ccccc3)C2)CC(=O)N2CCCCC2)cc1. The first-order valence-electron chi connectivity index (χ1n) is 12.2. The van der Waals surface area contributed by atoms with Crippen molar-refractivity contribution in [3.8, 4) is 0 Å². The smallest absolute Gasteiger partial charge is 0.242 e. The van der Waals surface area contributed by atoms with Gasteiger partial charge in [0.2, 0.25) is 11.8 Å². The molecule has 0 radical (unpaired) electrons. The lowest BCUT2D eigenvalue weighted by Crippen LogP contribution is -2.46. The van der Waals surface area contributed by atoms with Crippen LogP contribution in [0.3, 0.4) is 0 Å². The van der Waals surface area contributed by atoms with Crippen LogP contribution >= 0.6 is 0 Å². The van der Waals surface area contributed by atoms with E-state index in [-0.39, 0.29) is 24.9 Å². The van der Waals surface area contributed by atoms with Gasteiger partial charge in [0.15, 0.2) is 0 Å². The molecular formula is C27H36N4O2. The molecule has 2 fully saturated rings. The van der Waals surface area contributed by atoms with Gasteiger partial charge >= 0.3 is 0 Å². The van der Waals surface area contributed by atoms with E-state index in [1.165, 1.54) is 12.1 Å². The van der Waals surface area contributed by atoms with Crippen LogP contribution in [0, 0.1) is 12.8 Å². The average Bonchev–Trinajstić information content (AvgIpc) is 3.33. The maximum absolute atomic E-state index is 12.9. The lowest BCUT2D eigenvalue weighted by Gasteiger charge is -2.31. The van der Waals surface area contributed by atoms with E-state index in [2.05, 4.69) is 34.5 Å². The van der Waals surface area contributed by atoms with Gasteiger partial charge in [-0.2, -0.15) is 0 Å². The molecule has 0 bridgehead atoms. The van der Waals surface area contributed by atoms with E-state index < -0.39 is 0 Å². The van der Waals surface area contributed by atoms with E-state index >= 15 is 0 Å². The van der Waals surface area contributed by atoms with E-state index in [1.54, 1.807) is 0 Å². The zero-order chi connectivity index (χ0) is 23.0. The number of hydrogen-bond acceptors (Lipinski definition) is 4. The Morgan fingerprint density at radius 2 is 1.67 bits per heavy atom. The van der Waals surface area contributed by atoms with Gasteiger partial charge in [-0.1, -0.05) is 35.9 Å². The minimum Gasteiger partial charge on any atom is -0.371 e. The number of likely N-dealkylation sites (tertiary alicyclic amines) is 1. The number of nitrogens with zero attached hydrogens (tertiary/aromatic N) is 3. The van der Waals surface area contributed by atoms with Crippen LogP contribution in [0.4, 0.5) is 11.4 Å². The van der Waals surface area contributed by atoms with Crippen molar-refractivity contribution in [2.24, 2.45) is 5.92 Å². The monoisotopic (exact) mass is 448 g/mol. The largest absolute Gasteiger partial charge is 0.371 e. The van der Waals surface area contributed by atoms with Crippen LogP contribution in [0.15, 0.2) is 54.6 Å². The van der Waals surface area contributed by atoms with Crippen molar-refractivity contribution in [2.45, 2.75) is 32.6 Å². The molecule has 2 heterocycles. The molecule has 0 aliphatic carbocycles. The summed E-state index contributed by atoms with van der Waals surface area (Å²) in [4.78, 5) is 32.0. The minimum atomic E-state index is -0.0276. The lowest BCUT2D eigenvalue weighted by atomic mass is 10.1. The first-order valence-corrected chi connectivity index (χ1v) is 12.2. The number of amides is 2. The van der Waals surface area contributed by atoms with Crippen LogP contribution < -0.4 is 15.1 Å². The average molecular weight is 449 g/mol. The molecule has 2 saturated heterocycles. The molecule has 0 spiro atoms. The van der Waals surface area contributed by atoms with Gasteiger partial charge in [-0.05, 0) is 62.8 Å². The highest BCUT2D eigenvalue weighted by Crippen LogP contribution is 2.23.